The first-order valence-corrected chi connectivity index (χ1v) is 5.01. The van der Waals surface area contributed by atoms with Gasteiger partial charge in [0.25, 0.3) is 0 Å². The van der Waals surface area contributed by atoms with Gasteiger partial charge in [-0.1, -0.05) is 0 Å². The van der Waals surface area contributed by atoms with Gasteiger partial charge >= 0.3 is 6.18 Å². The zero-order valence-corrected chi connectivity index (χ0v) is 8.42. The maximum atomic E-state index is 12.7. The van der Waals surface area contributed by atoms with Gasteiger partial charge in [0.1, 0.15) is 0 Å². The van der Waals surface area contributed by atoms with Crippen molar-refractivity contribution in [2.45, 2.75) is 25.4 Å². The number of hydrogen-bond donors (Lipinski definition) is 0. The van der Waals surface area contributed by atoms with Gasteiger partial charge in [-0.2, -0.15) is 13.2 Å². The van der Waals surface area contributed by atoms with Gasteiger partial charge in [0.05, 0.1) is 5.56 Å². The largest absolute Gasteiger partial charge is 0.418 e. The zero-order valence-electron chi connectivity index (χ0n) is 8.42. The van der Waals surface area contributed by atoms with Crippen LogP contribution in [0, 0.1) is 5.92 Å². The smallest absolute Gasteiger partial charge is 0.298 e. The molecule has 0 aromatic carbocycles. The number of aromatic nitrogens is 1. The topological polar surface area (TPSA) is 30.0 Å². The minimum Gasteiger partial charge on any atom is -0.298 e. The third-order valence-electron chi connectivity index (χ3n) is 2.71. The van der Waals surface area contributed by atoms with Crippen LogP contribution in [-0.4, -0.2) is 11.3 Å². The quantitative estimate of drug-likeness (QED) is 0.746. The lowest BCUT2D eigenvalue weighted by Gasteiger charge is -2.13. The fraction of sp³-hybridized carbons (Fsp3) is 0.455. The number of carbonyl (C=O) groups excluding carboxylic acids is 1. The predicted molar refractivity (Wildman–Crippen MR) is 51.1 cm³/mol. The molecule has 0 bridgehead atoms. The molecule has 5 heteroatoms. The molecule has 1 aliphatic rings. The lowest BCUT2D eigenvalue weighted by Crippen LogP contribution is -2.12. The average molecular weight is 229 g/mol. The van der Waals surface area contributed by atoms with Crippen molar-refractivity contribution in [3.05, 3.63) is 29.1 Å². The lowest BCUT2D eigenvalue weighted by molar-refractivity contribution is -0.138. The second kappa shape index (κ2) is 3.88. The molecule has 0 N–H and O–H groups in total. The van der Waals surface area contributed by atoms with Crippen molar-refractivity contribution in [1.82, 2.24) is 4.98 Å². The van der Waals surface area contributed by atoms with Gasteiger partial charge in [-0.25, -0.2) is 0 Å². The zero-order chi connectivity index (χ0) is 11.8. The van der Waals surface area contributed by atoms with Crippen molar-refractivity contribution >= 4 is 6.29 Å². The van der Waals surface area contributed by atoms with Gasteiger partial charge in [-0.05, 0) is 30.7 Å². The summed E-state index contributed by atoms with van der Waals surface area (Å²) in [7, 11) is 0. The van der Waals surface area contributed by atoms with Crippen molar-refractivity contribution in [3.8, 4) is 0 Å². The SMILES string of the molecule is O=Cc1cncc(C(F)(F)F)c1CC1CC1. The van der Waals surface area contributed by atoms with E-state index in [-0.39, 0.29) is 11.1 Å². The monoisotopic (exact) mass is 229 g/mol. The number of pyridine rings is 1. The average Bonchev–Trinajstić information content (AvgIpc) is 3.00. The highest BCUT2D eigenvalue weighted by molar-refractivity contribution is 5.77. The van der Waals surface area contributed by atoms with Gasteiger partial charge in [-0.15, -0.1) is 0 Å². The Kier molecular flexibility index (Phi) is 2.69. The Morgan fingerprint density at radius 1 is 1.38 bits per heavy atom. The summed E-state index contributed by atoms with van der Waals surface area (Å²) in [6.07, 6.45) is 0.210. The van der Waals surface area contributed by atoms with E-state index in [0.29, 0.717) is 18.6 Å². The molecule has 0 aliphatic heterocycles. The molecule has 0 amide bonds. The van der Waals surface area contributed by atoms with Crippen molar-refractivity contribution in [1.29, 1.82) is 0 Å². The van der Waals surface area contributed by atoms with Crippen molar-refractivity contribution in [3.63, 3.8) is 0 Å². The van der Waals surface area contributed by atoms with E-state index in [9.17, 15) is 18.0 Å². The standard InChI is InChI=1S/C11H10F3NO/c12-11(13,14)10-5-15-4-8(6-16)9(10)3-7-1-2-7/h4-7H,1-3H2. The third-order valence-corrected chi connectivity index (χ3v) is 2.71. The normalized spacial score (nSPS) is 16.2. The molecule has 1 aromatic heterocycles. The molecule has 0 unspecified atom stereocenters. The number of nitrogens with zero attached hydrogens (tertiary/aromatic N) is 1. The van der Waals surface area contributed by atoms with E-state index in [0.717, 1.165) is 19.0 Å². The molecule has 0 atom stereocenters. The number of alkyl halides is 3. The molecule has 1 heterocycles. The summed E-state index contributed by atoms with van der Waals surface area (Å²) >= 11 is 0. The molecule has 0 radical (unpaired) electrons. The maximum Gasteiger partial charge on any atom is 0.418 e. The summed E-state index contributed by atoms with van der Waals surface area (Å²) in [4.78, 5) is 14.2. The van der Waals surface area contributed by atoms with Crippen molar-refractivity contribution < 1.29 is 18.0 Å². The van der Waals surface area contributed by atoms with E-state index >= 15 is 0 Å². The van der Waals surface area contributed by atoms with Crippen LogP contribution in [0.5, 0.6) is 0 Å². The summed E-state index contributed by atoms with van der Waals surface area (Å²) in [6.45, 7) is 0. The summed E-state index contributed by atoms with van der Waals surface area (Å²) in [5.74, 6) is 0.294. The van der Waals surface area contributed by atoms with Crippen molar-refractivity contribution in [2.24, 2.45) is 5.92 Å². The highest BCUT2D eigenvalue weighted by Gasteiger charge is 2.36. The van der Waals surface area contributed by atoms with Gasteiger partial charge < -0.3 is 0 Å². The van der Waals surface area contributed by atoms with Gasteiger partial charge in [0.2, 0.25) is 0 Å². The number of hydrogen-bond acceptors (Lipinski definition) is 2. The summed E-state index contributed by atoms with van der Waals surface area (Å²) < 4.78 is 38.0. The van der Waals surface area contributed by atoms with E-state index in [2.05, 4.69) is 4.98 Å². The van der Waals surface area contributed by atoms with E-state index in [4.69, 9.17) is 0 Å². The molecule has 1 fully saturated rings. The molecular weight excluding hydrogens is 219 g/mol. The van der Waals surface area contributed by atoms with Crippen LogP contribution in [0.4, 0.5) is 13.2 Å². The van der Waals surface area contributed by atoms with Gasteiger partial charge in [0.15, 0.2) is 6.29 Å². The fourth-order valence-electron chi connectivity index (χ4n) is 1.69. The Labute approximate surface area is 90.5 Å². The Morgan fingerprint density at radius 3 is 2.56 bits per heavy atom. The number of halogens is 3. The minimum atomic E-state index is -4.43. The highest BCUT2D eigenvalue weighted by Crippen LogP contribution is 2.38. The van der Waals surface area contributed by atoms with Gasteiger partial charge in [-0.3, -0.25) is 9.78 Å². The molecule has 0 saturated heterocycles. The Morgan fingerprint density at radius 2 is 2.06 bits per heavy atom. The van der Waals surface area contributed by atoms with Gasteiger partial charge in [0, 0.05) is 18.0 Å². The van der Waals surface area contributed by atoms with Crippen LogP contribution in [0.15, 0.2) is 12.4 Å². The highest BCUT2D eigenvalue weighted by atomic mass is 19.4. The number of aldehydes is 1. The summed E-state index contributed by atoms with van der Waals surface area (Å²) in [5, 5.41) is 0. The van der Waals surface area contributed by atoms with E-state index in [1.54, 1.807) is 0 Å². The van der Waals surface area contributed by atoms with Crippen LogP contribution in [-0.2, 0) is 12.6 Å². The van der Waals surface area contributed by atoms with Crippen LogP contribution >= 0.6 is 0 Å². The Hall–Kier alpha value is -1.39. The summed E-state index contributed by atoms with van der Waals surface area (Å²) in [6, 6.07) is 0. The fourth-order valence-corrected chi connectivity index (χ4v) is 1.69. The van der Waals surface area contributed by atoms with Crippen LogP contribution in [0.25, 0.3) is 0 Å². The first-order valence-electron chi connectivity index (χ1n) is 5.01. The molecule has 16 heavy (non-hydrogen) atoms. The lowest BCUT2D eigenvalue weighted by atomic mass is 9.99. The second-order valence-electron chi connectivity index (χ2n) is 4.02. The van der Waals surface area contributed by atoms with Crippen LogP contribution in [0.3, 0.4) is 0 Å². The number of rotatable bonds is 3. The third kappa shape index (κ3) is 2.23. The first-order chi connectivity index (χ1) is 7.52. The predicted octanol–water partition coefficient (Wildman–Crippen LogP) is 2.87. The molecule has 86 valence electrons. The molecule has 1 aromatic rings. The molecular formula is C11H10F3NO. The summed E-state index contributed by atoms with van der Waals surface area (Å²) in [5.41, 5.74) is -0.620. The first kappa shape index (κ1) is 11.1. The molecule has 1 saturated carbocycles. The minimum absolute atomic E-state index is 0.0572. The molecule has 1 aliphatic carbocycles. The van der Waals surface area contributed by atoms with Crippen LogP contribution in [0.1, 0.15) is 34.3 Å². The van der Waals surface area contributed by atoms with Crippen LogP contribution in [0.2, 0.25) is 0 Å². The van der Waals surface area contributed by atoms with Crippen LogP contribution < -0.4 is 0 Å². The second-order valence-corrected chi connectivity index (χ2v) is 4.02. The Bertz CT molecular complexity index is 410. The molecule has 2 nitrogen and oxygen atoms in total. The van der Waals surface area contributed by atoms with E-state index < -0.39 is 11.7 Å². The van der Waals surface area contributed by atoms with E-state index in [1.165, 1.54) is 6.20 Å². The maximum absolute atomic E-state index is 12.7. The molecule has 0 spiro atoms. The molecule has 2 rings (SSSR count). The number of carbonyl (C=O) groups is 1. The van der Waals surface area contributed by atoms with E-state index in [1.807, 2.05) is 0 Å². The van der Waals surface area contributed by atoms with Crippen molar-refractivity contribution in [2.75, 3.05) is 0 Å². The Balaban J connectivity index is 2.44.